The summed E-state index contributed by atoms with van der Waals surface area (Å²) in [6.07, 6.45) is 0.0560. The normalized spacial score (nSPS) is 10.2. The zero-order valence-corrected chi connectivity index (χ0v) is 13.7. The summed E-state index contributed by atoms with van der Waals surface area (Å²) in [6.45, 7) is 2.20. The Hall–Kier alpha value is -2.81. The fourth-order valence-corrected chi connectivity index (χ4v) is 2.51. The minimum Gasteiger partial charge on any atom is -0.504 e. The summed E-state index contributed by atoms with van der Waals surface area (Å²) < 4.78 is 4.83. The monoisotopic (exact) mass is 351 g/mol. The van der Waals surface area contributed by atoms with Gasteiger partial charge in [-0.25, -0.2) is 9.78 Å². The van der Waals surface area contributed by atoms with Crippen molar-refractivity contribution in [2.45, 2.75) is 19.9 Å². The topological polar surface area (TPSA) is 121 Å². The molecule has 128 valence electrons. The molecule has 2 rings (SSSR count). The minimum atomic E-state index is -0.473. The number of aromatic hydroxyl groups is 2. The van der Waals surface area contributed by atoms with Gasteiger partial charge in [0.25, 0.3) is 0 Å². The molecule has 0 spiro atoms. The molecule has 0 radical (unpaired) electrons. The second-order valence-corrected chi connectivity index (χ2v) is 5.61. The molecule has 0 aliphatic heterocycles. The number of thiazole rings is 1. The number of urea groups is 1. The van der Waals surface area contributed by atoms with Gasteiger partial charge in [0.1, 0.15) is 0 Å². The number of nitrogens with one attached hydrogen (secondary N) is 2. The lowest BCUT2D eigenvalue weighted by Crippen LogP contribution is -2.28. The molecule has 0 bridgehead atoms. The molecule has 4 N–H and O–H groups in total. The number of hydrogen-bond acceptors (Lipinski definition) is 7. The van der Waals surface area contributed by atoms with Gasteiger partial charge in [-0.15, -0.1) is 11.3 Å². The van der Waals surface area contributed by atoms with Crippen molar-refractivity contribution in [3.63, 3.8) is 0 Å². The molecular weight excluding hydrogens is 334 g/mol. The molecule has 1 heterocycles. The van der Waals surface area contributed by atoms with Gasteiger partial charge in [-0.05, 0) is 24.6 Å². The lowest BCUT2D eigenvalue weighted by atomic mass is 10.2. The van der Waals surface area contributed by atoms with Gasteiger partial charge < -0.3 is 20.3 Å². The zero-order chi connectivity index (χ0) is 17.5. The summed E-state index contributed by atoms with van der Waals surface area (Å²) in [6, 6.07) is 3.80. The van der Waals surface area contributed by atoms with E-state index in [1.165, 1.54) is 23.5 Å². The Kier molecular flexibility index (Phi) is 5.96. The Morgan fingerprint density at radius 3 is 2.79 bits per heavy atom. The number of amides is 2. The van der Waals surface area contributed by atoms with Crippen molar-refractivity contribution in [1.82, 2.24) is 10.3 Å². The zero-order valence-electron chi connectivity index (χ0n) is 12.9. The number of aromatic nitrogens is 1. The van der Waals surface area contributed by atoms with Crippen molar-refractivity contribution in [3.8, 4) is 11.5 Å². The standard InChI is InChI=1S/C15H17N3O5S/c1-2-23-13(21)6-10-8-24-15(17-10)18-14(22)16-7-9-3-4-11(19)12(20)5-9/h3-5,8,19-20H,2,6-7H2,1H3,(H2,16,17,18,22). The quantitative estimate of drug-likeness (QED) is 0.466. The van der Waals surface area contributed by atoms with Gasteiger partial charge >= 0.3 is 12.0 Å². The van der Waals surface area contributed by atoms with Crippen LogP contribution < -0.4 is 10.6 Å². The van der Waals surface area contributed by atoms with Crippen molar-refractivity contribution in [2.24, 2.45) is 0 Å². The van der Waals surface area contributed by atoms with Crippen LogP contribution in [0.3, 0.4) is 0 Å². The Bertz CT molecular complexity index is 732. The Morgan fingerprint density at radius 1 is 1.29 bits per heavy atom. The van der Waals surface area contributed by atoms with Crippen LogP contribution in [-0.2, 0) is 22.5 Å². The number of ether oxygens (including phenoxy) is 1. The maximum absolute atomic E-state index is 11.8. The number of anilines is 1. The first kappa shape index (κ1) is 17.5. The maximum atomic E-state index is 11.8. The molecule has 8 nitrogen and oxygen atoms in total. The molecule has 0 fully saturated rings. The fraction of sp³-hybridized carbons (Fsp3) is 0.267. The van der Waals surface area contributed by atoms with E-state index in [1.54, 1.807) is 18.4 Å². The highest BCUT2D eigenvalue weighted by molar-refractivity contribution is 7.13. The molecule has 1 aromatic heterocycles. The Labute approximate surface area is 142 Å². The van der Waals surface area contributed by atoms with Crippen LogP contribution in [0.25, 0.3) is 0 Å². The molecule has 24 heavy (non-hydrogen) atoms. The number of esters is 1. The first-order valence-electron chi connectivity index (χ1n) is 7.13. The molecule has 0 saturated carbocycles. The van der Waals surface area contributed by atoms with E-state index in [-0.39, 0.29) is 30.4 Å². The van der Waals surface area contributed by atoms with Gasteiger partial charge in [0, 0.05) is 11.9 Å². The van der Waals surface area contributed by atoms with E-state index >= 15 is 0 Å². The lowest BCUT2D eigenvalue weighted by Gasteiger charge is -2.06. The molecule has 9 heteroatoms. The molecule has 0 saturated heterocycles. The van der Waals surface area contributed by atoms with E-state index in [9.17, 15) is 19.8 Å². The molecule has 0 aliphatic carbocycles. The van der Waals surface area contributed by atoms with Gasteiger partial charge in [0.2, 0.25) is 0 Å². The summed E-state index contributed by atoms with van der Waals surface area (Å²) in [4.78, 5) is 27.3. The molecule has 0 atom stereocenters. The van der Waals surface area contributed by atoms with Gasteiger partial charge in [0.05, 0.1) is 18.7 Å². The number of rotatable bonds is 6. The number of carbonyl (C=O) groups is 2. The molecule has 0 aliphatic rings. The van der Waals surface area contributed by atoms with Gasteiger partial charge in [-0.1, -0.05) is 6.07 Å². The summed E-state index contributed by atoms with van der Waals surface area (Å²) >= 11 is 1.20. The summed E-state index contributed by atoms with van der Waals surface area (Å²) in [5.74, 6) is -0.843. The van der Waals surface area contributed by atoms with Crippen molar-refractivity contribution in [2.75, 3.05) is 11.9 Å². The number of phenols is 2. The number of benzene rings is 1. The van der Waals surface area contributed by atoms with Crippen molar-refractivity contribution >= 4 is 28.5 Å². The van der Waals surface area contributed by atoms with Crippen molar-refractivity contribution < 1.29 is 24.5 Å². The van der Waals surface area contributed by atoms with Crippen molar-refractivity contribution in [3.05, 3.63) is 34.8 Å². The Morgan fingerprint density at radius 2 is 2.08 bits per heavy atom. The van der Waals surface area contributed by atoms with Crippen LogP contribution in [-0.4, -0.2) is 33.8 Å². The van der Waals surface area contributed by atoms with E-state index in [1.807, 2.05) is 0 Å². The van der Waals surface area contributed by atoms with E-state index in [4.69, 9.17) is 4.74 Å². The first-order valence-corrected chi connectivity index (χ1v) is 8.01. The number of phenolic OH excluding ortho intramolecular Hbond substituents is 2. The van der Waals surface area contributed by atoms with Gasteiger partial charge in [0.15, 0.2) is 16.6 Å². The maximum Gasteiger partial charge on any atom is 0.321 e. The highest BCUT2D eigenvalue weighted by Gasteiger charge is 2.10. The smallest absolute Gasteiger partial charge is 0.321 e. The average molecular weight is 351 g/mol. The lowest BCUT2D eigenvalue weighted by molar-refractivity contribution is -0.142. The third-order valence-corrected chi connectivity index (χ3v) is 3.70. The van der Waals surface area contributed by atoms with Crippen molar-refractivity contribution in [1.29, 1.82) is 0 Å². The summed E-state index contributed by atoms with van der Waals surface area (Å²) in [7, 11) is 0. The minimum absolute atomic E-state index is 0.0560. The molecule has 0 unspecified atom stereocenters. The SMILES string of the molecule is CCOC(=O)Cc1csc(NC(=O)NCc2ccc(O)c(O)c2)n1. The second kappa shape index (κ2) is 8.16. The number of nitrogens with zero attached hydrogens (tertiary/aromatic N) is 1. The van der Waals surface area contributed by atoms with Crippen LogP contribution in [0, 0.1) is 0 Å². The van der Waals surface area contributed by atoms with E-state index in [2.05, 4.69) is 15.6 Å². The number of hydrogen-bond donors (Lipinski definition) is 4. The highest BCUT2D eigenvalue weighted by Crippen LogP contribution is 2.24. The third-order valence-electron chi connectivity index (χ3n) is 2.90. The average Bonchev–Trinajstić information content (AvgIpc) is 2.95. The molecule has 1 aromatic carbocycles. The van der Waals surface area contributed by atoms with Gasteiger partial charge in [-0.2, -0.15) is 0 Å². The third kappa shape index (κ3) is 5.13. The Balaban J connectivity index is 1.83. The summed E-state index contributed by atoms with van der Waals surface area (Å²) in [5, 5.41) is 25.8. The van der Waals surface area contributed by atoms with Gasteiger partial charge in [-0.3, -0.25) is 10.1 Å². The predicted molar refractivity (Wildman–Crippen MR) is 88.1 cm³/mol. The molecule has 2 aromatic rings. The predicted octanol–water partition coefficient (Wildman–Crippen LogP) is 1.98. The molecular formula is C15H17N3O5S. The van der Waals surface area contributed by atoms with Crippen LogP contribution in [0.1, 0.15) is 18.2 Å². The summed E-state index contributed by atoms with van der Waals surface area (Å²) in [5.41, 5.74) is 1.15. The highest BCUT2D eigenvalue weighted by atomic mass is 32.1. The van der Waals surface area contributed by atoms with Crippen LogP contribution in [0.2, 0.25) is 0 Å². The largest absolute Gasteiger partial charge is 0.504 e. The molecule has 2 amide bonds. The number of carbonyl (C=O) groups excluding carboxylic acids is 2. The van der Waals surface area contributed by atoms with E-state index in [0.29, 0.717) is 23.0 Å². The van der Waals surface area contributed by atoms with Crippen LogP contribution in [0.15, 0.2) is 23.6 Å². The first-order chi connectivity index (χ1) is 11.5. The second-order valence-electron chi connectivity index (χ2n) is 4.76. The fourth-order valence-electron chi connectivity index (χ4n) is 1.81. The van der Waals surface area contributed by atoms with Crippen LogP contribution in [0.4, 0.5) is 9.93 Å². The van der Waals surface area contributed by atoms with Crippen LogP contribution >= 0.6 is 11.3 Å². The van der Waals surface area contributed by atoms with E-state index < -0.39 is 6.03 Å². The van der Waals surface area contributed by atoms with E-state index in [0.717, 1.165) is 0 Å². The van der Waals surface area contributed by atoms with Crippen LogP contribution in [0.5, 0.6) is 11.5 Å².